The van der Waals surface area contributed by atoms with Gasteiger partial charge in [-0.2, -0.15) is 0 Å². The monoisotopic (exact) mass is 246 g/mol. The summed E-state index contributed by atoms with van der Waals surface area (Å²) >= 11 is 0. The van der Waals surface area contributed by atoms with Crippen molar-refractivity contribution in [3.63, 3.8) is 0 Å². The maximum absolute atomic E-state index is 11.0. The lowest BCUT2D eigenvalue weighted by Gasteiger charge is -2.29. The van der Waals surface area contributed by atoms with Crippen molar-refractivity contribution in [2.45, 2.75) is 60.2 Å². The van der Waals surface area contributed by atoms with E-state index in [9.17, 15) is 9.90 Å². The van der Waals surface area contributed by atoms with E-state index in [0.717, 1.165) is 0 Å². The van der Waals surface area contributed by atoms with Gasteiger partial charge in [-0.05, 0) is 17.3 Å². The summed E-state index contributed by atoms with van der Waals surface area (Å²) in [6.07, 6.45) is -0.931. The van der Waals surface area contributed by atoms with Gasteiger partial charge in [0.15, 0.2) is 6.10 Å². The van der Waals surface area contributed by atoms with E-state index in [2.05, 4.69) is 0 Å². The Morgan fingerprint density at radius 3 is 1.94 bits per heavy atom. The number of aliphatic hydroxyl groups is 1. The second-order valence-electron chi connectivity index (χ2n) is 6.84. The molecule has 102 valence electrons. The van der Waals surface area contributed by atoms with Crippen LogP contribution in [0.5, 0.6) is 0 Å². The highest BCUT2D eigenvalue weighted by Crippen LogP contribution is 2.24. The average Bonchev–Trinajstić information content (AvgIpc) is 1.96. The summed E-state index contributed by atoms with van der Waals surface area (Å²) in [6, 6.07) is 0. The minimum absolute atomic E-state index is 0.00320. The van der Waals surface area contributed by atoms with Gasteiger partial charge in [-0.3, -0.25) is 0 Å². The molecule has 0 saturated carbocycles. The quantitative estimate of drug-likeness (QED) is 0.781. The average molecular weight is 246 g/mol. The van der Waals surface area contributed by atoms with Crippen LogP contribution in [0.2, 0.25) is 0 Å². The number of carboxylic acid groups (broad SMARTS) is 1. The fraction of sp³-hybridized carbons (Fsp3) is 0.923. The normalized spacial score (nSPS) is 16.6. The van der Waals surface area contributed by atoms with E-state index in [0.29, 0.717) is 6.42 Å². The Kier molecular flexibility index (Phi) is 5.62. The first-order valence-corrected chi connectivity index (χ1v) is 5.96. The van der Waals surface area contributed by atoms with E-state index in [4.69, 9.17) is 9.84 Å². The van der Waals surface area contributed by atoms with Crippen molar-refractivity contribution in [1.82, 2.24) is 0 Å². The third kappa shape index (κ3) is 7.34. The van der Waals surface area contributed by atoms with Crippen LogP contribution in [0, 0.1) is 10.8 Å². The van der Waals surface area contributed by atoms with E-state index in [1.54, 1.807) is 0 Å². The topological polar surface area (TPSA) is 66.8 Å². The SMILES string of the molecule is CC(C)(C)CC(O)COC(C(=O)O)C(C)(C)C. The van der Waals surface area contributed by atoms with Gasteiger partial charge in [0, 0.05) is 0 Å². The molecule has 4 heteroatoms. The van der Waals surface area contributed by atoms with Crippen LogP contribution in [0.1, 0.15) is 48.0 Å². The maximum Gasteiger partial charge on any atom is 0.333 e. The van der Waals surface area contributed by atoms with Gasteiger partial charge in [-0.15, -0.1) is 0 Å². The molecule has 0 aliphatic carbocycles. The molecule has 2 N–H and O–H groups in total. The molecule has 0 amide bonds. The summed E-state index contributed by atoms with van der Waals surface area (Å²) in [6.45, 7) is 11.6. The lowest BCUT2D eigenvalue weighted by atomic mass is 9.88. The Balaban J connectivity index is 4.29. The van der Waals surface area contributed by atoms with Gasteiger partial charge in [-0.25, -0.2) is 4.79 Å². The molecule has 0 spiro atoms. The van der Waals surface area contributed by atoms with E-state index < -0.39 is 23.6 Å². The van der Waals surface area contributed by atoms with Crippen LogP contribution in [0.15, 0.2) is 0 Å². The van der Waals surface area contributed by atoms with Gasteiger partial charge in [0.05, 0.1) is 12.7 Å². The molecule has 0 rings (SSSR count). The highest BCUT2D eigenvalue weighted by molar-refractivity contribution is 5.73. The fourth-order valence-corrected chi connectivity index (χ4v) is 1.66. The van der Waals surface area contributed by atoms with Crippen molar-refractivity contribution < 1.29 is 19.7 Å². The molecule has 4 nitrogen and oxygen atoms in total. The number of hydrogen-bond donors (Lipinski definition) is 2. The summed E-state index contributed by atoms with van der Waals surface area (Å²) < 4.78 is 5.33. The van der Waals surface area contributed by atoms with Crippen molar-refractivity contribution in [1.29, 1.82) is 0 Å². The van der Waals surface area contributed by atoms with Crippen LogP contribution in [-0.4, -0.2) is 35.0 Å². The maximum atomic E-state index is 11.0. The van der Waals surface area contributed by atoms with Crippen LogP contribution in [-0.2, 0) is 9.53 Å². The molecule has 0 aliphatic rings. The summed E-state index contributed by atoms with van der Waals surface area (Å²) in [5.74, 6) is -0.986. The number of aliphatic hydroxyl groups excluding tert-OH is 1. The lowest BCUT2D eigenvalue weighted by Crippen LogP contribution is -2.39. The largest absolute Gasteiger partial charge is 0.479 e. The second kappa shape index (κ2) is 5.83. The Labute approximate surface area is 104 Å². The minimum atomic E-state index is -0.986. The molecule has 0 heterocycles. The fourth-order valence-electron chi connectivity index (χ4n) is 1.66. The summed E-state index contributed by atoms with van der Waals surface area (Å²) in [5.41, 5.74) is -0.476. The summed E-state index contributed by atoms with van der Waals surface area (Å²) in [5, 5.41) is 18.8. The van der Waals surface area contributed by atoms with Crippen LogP contribution in [0.3, 0.4) is 0 Å². The molecule has 0 aromatic rings. The standard InChI is InChI=1S/C13H26O4/c1-12(2,3)7-9(14)8-17-10(11(15)16)13(4,5)6/h9-10,14H,7-8H2,1-6H3,(H,15,16). The van der Waals surface area contributed by atoms with Crippen molar-refractivity contribution >= 4 is 5.97 Å². The minimum Gasteiger partial charge on any atom is -0.479 e. The predicted molar refractivity (Wildman–Crippen MR) is 66.9 cm³/mol. The summed E-state index contributed by atoms with van der Waals surface area (Å²) in [4.78, 5) is 11.0. The highest BCUT2D eigenvalue weighted by Gasteiger charge is 2.32. The first kappa shape index (κ1) is 16.4. The molecule has 0 aromatic heterocycles. The predicted octanol–water partition coefficient (Wildman–Crippen LogP) is 2.30. The van der Waals surface area contributed by atoms with E-state index >= 15 is 0 Å². The molecule has 2 unspecified atom stereocenters. The first-order valence-electron chi connectivity index (χ1n) is 5.96. The van der Waals surface area contributed by atoms with E-state index in [1.807, 2.05) is 41.5 Å². The number of ether oxygens (including phenoxy) is 1. The zero-order valence-corrected chi connectivity index (χ0v) is 11.8. The molecule has 0 fully saturated rings. The highest BCUT2D eigenvalue weighted by atomic mass is 16.5. The molecule has 0 saturated heterocycles. The van der Waals surface area contributed by atoms with Crippen molar-refractivity contribution in [3.8, 4) is 0 Å². The smallest absolute Gasteiger partial charge is 0.333 e. The molecule has 0 aromatic carbocycles. The van der Waals surface area contributed by atoms with Crippen LogP contribution < -0.4 is 0 Å². The van der Waals surface area contributed by atoms with Gasteiger partial charge in [0.25, 0.3) is 0 Å². The van der Waals surface area contributed by atoms with Crippen molar-refractivity contribution in [2.75, 3.05) is 6.61 Å². The van der Waals surface area contributed by atoms with Crippen molar-refractivity contribution in [2.24, 2.45) is 10.8 Å². The van der Waals surface area contributed by atoms with Crippen LogP contribution in [0.4, 0.5) is 0 Å². The van der Waals surface area contributed by atoms with Crippen LogP contribution in [0.25, 0.3) is 0 Å². The Morgan fingerprint density at radius 1 is 1.18 bits per heavy atom. The molecule has 17 heavy (non-hydrogen) atoms. The molecular formula is C13H26O4. The molecule has 0 radical (unpaired) electrons. The van der Waals surface area contributed by atoms with E-state index in [1.165, 1.54) is 0 Å². The zero-order valence-electron chi connectivity index (χ0n) is 11.8. The number of carbonyl (C=O) groups is 1. The molecular weight excluding hydrogens is 220 g/mol. The van der Waals surface area contributed by atoms with Gasteiger partial charge in [0.2, 0.25) is 0 Å². The zero-order chi connectivity index (χ0) is 13.9. The Bertz CT molecular complexity index is 247. The number of hydrogen-bond acceptors (Lipinski definition) is 3. The van der Waals surface area contributed by atoms with Gasteiger partial charge >= 0.3 is 5.97 Å². The lowest BCUT2D eigenvalue weighted by molar-refractivity contribution is -0.161. The Hall–Kier alpha value is -0.610. The molecule has 2 atom stereocenters. The van der Waals surface area contributed by atoms with Crippen LogP contribution >= 0.6 is 0 Å². The molecule has 0 aliphatic heterocycles. The van der Waals surface area contributed by atoms with Crippen molar-refractivity contribution in [3.05, 3.63) is 0 Å². The third-order valence-electron chi connectivity index (χ3n) is 2.31. The summed E-state index contributed by atoms with van der Waals surface area (Å²) in [7, 11) is 0. The second-order valence-corrected chi connectivity index (χ2v) is 6.84. The van der Waals surface area contributed by atoms with E-state index in [-0.39, 0.29) is 12.0 Å². The number of rotatable bonds is 5. The van der Waals surface area contributed by atoms with Gasteiger partial charge < -0.3 is 14.9 Å². The Morgan fingerprint density at radius 2 is 1.65 bits per heavy atom. The number of aliphatic carboxylic acids is 1. The van der Waals surface area contributed by atoms with Gasteiger partial charge in [-0.1, -0.05) is 41.5 Å². The van der Waals surface area contributed by atoms with Gasteiger partial charge in [0.1, 0.15) is 0 Å². The number of carboxylic acids is 1. The third-order valence-corrected chi connectivity index (χ3v) is 2.31. The molecule has 0 bridgehead atoms. The first-order chi connectivity index (χ1) is 7.43.